The van der Waals surface area contributed by atoms with Crippen LogP contribution >= 0.6 is 11.3 Å². The fraction of sp³-hybridized carbons (Fsp3) is 0.189. The number of amides is 5. The average molecular weight is 883 g/mol. The van der Waals surface area contributed by atoms with Crippen molar-refractivity contribution in [1.29, 1.82) is 5.26 Å². The Morgan fingerprint density at radius 1 is 1.11 bits per heavy atom. The number of imide groups is 2. The van der Waals surface area contributed by atoms with Gasteiger partial charge >= 0.3 is 5.00 Å². The fourth-order valence-electron chi connectivity index (χ4n) is 6.17. The Morgan fingerprint density at radius 2 is 1.90 bits per heavy atom. The number of nitrogens with one attached hydrogen (secondary N) is 4. The molecule has 2 aliphatic rings. The molecule has 0 radical (unpaired) electrons. The minimum absolute atomic E-state index is 0.00388. The van der Waals surface area contributed by atoms with Crippen molar-refractivity contribution < 1.29 is 46.8 Å². The Morgan fingerprint density at radius 3 is 2.61 bits per heavy atom. The third kappa shape index (κ3) is 8.96. The first-order chi connectivity index (χ1) is 29.8. The Labute approximate surface area is 353 Å². The van der Waals surface area contributed by atoms with Crippen LogP contribution in [0.4, 0.5) is 22.2 Å². The van der Waals surface area contributed by atoms with Crippen LogP contribution in [0.5, 0.6) is 5.88 Å². The maximum Gasteiger partial charge on any atom is 0.324 e. The van der Waals surface area contributed by atoms with E-state index in [0.29, 0.717) is 10.6 Å². The van der Waals surface area contributed by atoms with Crippen molar-refractivity contribution in [3.05, 3.63) is 98.7 Å². The molecule has 316 valence electrons. The van der Waals surface area contributed by atoms with Crippen LogP contribution in [0.25, 0.3) is 17.5 Å². The van der Waals surface area contributed by atoms with Crippen LogP contribution < -0.4 is 25.4 Å². The van der Waals surface area contributed by atoms with Crippen molar-refractivity contribution in [2.45, 2.75) is 30.3 Å². The van der Waals surface area contributed by atoms with Crippen LogP contribution in [0.2, 0.25) is 0 Å². The summed E-state index contributed by atoms with van der Waals surface area (Å²) < 4.78 is 41.2. The number of fused-ring (bicyclic) bond motifs is 1. The summed E-state index contributed by atoms with van der Waals surface area (Å²) in [5, 5.41) is 36.0. The lowest BCUT2D eigenvalue weighted by Gasteiger charge is -2.27. The van der Waals surface area contributed by atoms with Gasteiger partial charge in [0.2, 0.25) is 17.6 Å². The number of nitrogens with zero attached hydrogens (tertiary/aromatic N) is 8. The van der Waals surface area contributed by atoms with Gasteiger partial charge in [-0.2, -0.15) is 5.26 Å². The van der Waals surface area contributed by atoms with Gasteiger partial charge in [-0.05, 0) is 55.0 Å². The largest absolute Gasteiger partial charge is 0.478 e. The summed E-state index contributed by atoms with van der Waals surface area (Å²) in [4.78, 5) is 82.9. The number of carbonyl (C=O) groups is 5. The van der Waals surface area contributed by atoms with E-state index in [1.54, 1.807) is 24.4 Å². The van der Waals surface area contributed by atoms with E-state index in [1.807, 2.05) is 0 Å². The molecule has 0 spiro atoms. The Balaban J connectivity index is 0.916. The number of methoxy groups -OCH3 is 1. The Kier molecular flexibility index (Phi) is 12.1. The summed E-state index contributed by atoms with van der Waals surface area (Å²) >= 11 is 0.788. The molecule has 25 heteroatoms. The number of rotatable bonds is 16. The maximum absolute atomic E-state index is 13.3. The first-order valence-corrected chi connectivity index (χ1v) is 20.3. The lowest BCUT2D eigenvalue weighted by atomic mass is 10.0. The van der Waals surface area contributed by atoms with Crippen molar-refractivity contribution in [2.75, 3.05) is 35.8 Å². The van der Waals surface area contributed by atoms with E-state index in [-0.39, 0.29) is 88.1 Å². The molecular weight excluding hydrogens is 853 g/mol. The molecule has 1 unspecified atom stereocenters. The highest BCUT2D eigenvalue weighted by atomic mass is 32.2. The van der Waals surface area contributed by atoms with Crippen molar-refractivity contribution in [1.82, 2.24) is 35.2 Å². The van der Waals surface area contributed by atoms with E-state index in [9.17, 15) is 47.8 Å². The zero-order valence-corrected chi connectivity index (χ0v) is 33.6. The van der Waals surface area contributed by atoms with Crippen LogP contribution in [0.15, 0.2) is 77.5 Å². The summed E-state index contributed by atoms with van der Waals surface area (Å²) in [7, 11) is -2.99. The zero-order valence-electron chi connectivity index (χ0n) is 31.9. The van der Waals surface area contributed by atoms with Gasteiger partial charge in [0.15, 0.2) is 0 Å². The topological polar surface area (TPSA) is 313 Å². The summed E-state index contributed by atoms with van der Waals surface area (Å²) in [5.41, 5.74) is 0.851. The molecule has 5 aromatic rings. The predicted molar refractivity (Wildman–Crippen MR) is 216 cm³/mol. The first-order valence-electron chi connectivity index (χ1n) is 18.0. The normalized spacial score (nSPS) is 15.1. The molecule has 3 aromatic heterocycles. The van der Waals surface area contributed by atoms with Crippen LogP contribution in [-0.2, 0) is 35.7 Å². The van der Waals surface area contributed by atoms with Crippen molar-refractivity contribution in [3.8, 4) is 23.3 Å². The quantitative estimate of drug-likeness (QED) is 0.0210. The molecule has 62 heavy (non-hydrogen) atoms. The minimum atomic E-state index is -4.26. The smallest absolute Gasteiger partial charge is 0.324 e. The number of nitro groups is 1. The maximum atomic E-state index is 13.3. The highest BCUT2D eigenvalue weighted by Gasteiger charge is 2.45. The third-order valence-electron chi connectivity index (χ3n) is 9.13. The van der Waals surface area contributed by atoms with Gasteiger partial charge in [-0.1, -0.05) is 22.6 Å². The molecule has 0 saturated carbocycles. The highest BCUT2D eigenvalue weighted by molar-refractivity contribution is 7.92. The molecule has 4 N–H and O–H groups in total. The first kappa shape index (κ1) is 42.2. The van der Waals surface area contributed by atoms with Gasteiger partial charge in [-0.15, -0.1) is 5.10 Å². The summed E-state index contributed by atoms with van der Waals surface area (Å²) in [6, 6.07) is 13.0. The lowest BCUT2D eigenvalue weighted by molar-refractivity contribution is -0.380. The van der Waals surface area contributed by atoms with Crippen LogP contribution in [0, 0.1) is 21.4 Å². The monoisotopic (exact) mass is 882 g/mol. The van der Waals surface area contributed by atoms with E-state index >= 15 is 0 Å². The minimum Gasteiger partial charge on any atom is -0.478 e. The Bertz CT molecular complexity index is 2830. The van der Waals surface area contributed by atoms with Crippen LogP contribution in [-0.4, -0.2) is 99.2 Å². The molecule has 7 rings (SSSR count). The molecule has 5 amide bonds. The number of anilines is 3. The van der Waals surface area contributed by atoms with Gasteiger partial charge in [-0.3, -0.25) is 49.0 Å². The molecular formula is C37H30N12O11S2. The molecule has 0 aliphatic carbocycles. The summed E-state index contributed by atoms with van der Waals surface area (Å²) in [6.07, 6.45) is 4.05. The highest BCUT2D eigenvalue weighted by Crippen LogP contribution is 2.33. The van der Waals surface area contributed by atoms with E-state index in [1.165, 1.54) is 66.5 Å². The number of ether oxygens (including phenoxy) is 2. The number of thiophene rings is 1. The number of sulfonamides is 1. The molecule has 2 aromatic carbocycles. The van der Waals surface area contributed by atoms with Gasteiger partial charge < -0.3 is 20.1 Å². The van der Waals surface area contributed by atoms with Gasteiger partial charge in [0.1, 0.15) is 35.8 Å². The Hall–Kier alpha value is -7.95. The number of nitriles is 1. The van der Waals surface area contributed by atoms with Crippen molar-refractivity contribution in [2.24, 2.45) is 0 Å². The zero-order chi connectivity index (χ0) is 44.1. The second-order valence-corrected chi connectivity index (χ2v) is 15.8. The number of benzene rings is 2. The predicted octanol–water partition coefficient (Wildman–Crippen LogP) is 2.55. The van der Waals surface area contributed by atoms with Gasteiger partial charge in [0, 0.05) is 28.7 Å². The number of hydrogen-bond donors (Lipinski definition) is 4. The van der Waals surface area contributed by atoms with Gasteiger partial charge in [0.05, 0.1) is 53.6 Å². The van der Waals surface area contributed by atoms with Gasteiger partial charge in [0.25, 0.3) is 33.6 Å². The number of piperidine rings is 1. The number of hydrogen-bond acceptors (Lipinski definition) is 18. The molecule has 5 heterocycles. The lowest BCUT2D eigenvalue weighted by Crippen LogP contribution is -2.54. The van der Waals surface area contributed by atoms with Crippen molar-refractivity contribution in [3.63, 3.8) is 0 Å². The van der Waals surface area contributed by atoms with Gasteiger partial charge in [-0.25, -0.2) is 23.1 Å². The van der Waals surface area contributed by atoms with E-state index in [0.717, 1.165) is 16.2 Å². The number of aromatic nitrogens is 5. The molecule has 1 atom stereocenters. The molecule has 2 aliphatic heterocycles. The second kappa shape index (κ2) is 17.7. The second-order valence-electron chi connectivity index (χ2n) is 13.1. The molecule has 1 saturated heterocycles. The van der Waals surface area contributed by atoms with E-state index < -0.39 is 50.5 Å². The van der Waals surface area contributed by atoms with E-state index in [2.05, 4.69) is 41.0 Å². The van der Waals surface area contributed by atoms with Crippen molar-refractivity contribution >= 4 is 79.2 Å². The summed E-state index contributed by atoms with van der Waals surface area (Å²) in [6.45, 7) is 0.295. The fourth-order valence-corrected chi connectivity index (χ4v) is 7.94. The molecule has 0 bridgehead atoms. The molecule has 1 fully saturated rings. The molecule has 23 nitrogen and oxygen atoms in total. The number of carbonyl (C=O) groups excluding carboxylic acids is 5. The SMILES string of the molecule is COc1nc(-c2cn(CCOCNc3cccc4c3C(=O)N(C3CCC(=O)NC3=O)C4=O)nn2)cnc1NS(=O)(=O)c1ccc(NC(=O)/C(C#N)=C/c2ccc([N+](=O)[O-])s2)cc1. The standard InChI is InChI=1S/C37H30N12O11S2/c1-59-35-32(45-62(57,58)23-8-5-21(6-9-23)41-33(51)20(16-38)15-22-7-12-30(61-22)49(55)56)39-17-26(42-35)27-18-47(46-44-27)13-14-60-19-40-25-4-2-3-24-31(25)37(54)48(36(24)53)28-10-11-29(50)43-34(28)52/h2-9,12,15,17-18,28,40H,10-11,13-14,19H2,1H3,(H,39,45)(H,41,51)(H,43,50,52)/b20-15+. The van der Waals surface area contributed by atoms with Crippen LogP contribution in [0.3, 0.4) is 0 Å². The average Bonchev–Trinajstić information content (AvgIpc) is 3.99. The van der Waals surface area contributed by atoms with Crippen LogP contribution in [0.1, 0.15) is 38.4 Å². The third-order valence-corrected chi connectivity index (χ3v) is 11.5. The van der Waals surface area contributed by atoms with E-state index in [4.69, 9.17) is 9.47 Å². The summed E-state index contributed by atoms with van der Waals surface area (Å²) in [5.74, 6) is -3.69.